The van der Waals surface area contributed by atoms with Gasteiger partial charge in [-0.15, -0.1) is 12.4 Å². The number of ether oxygens (including phenoxy) is 1. The van der Waals surface area contributed by atoms with Crippen LogP contribution in [0.2, 0.25) is 0 Å². The number of carbonyl (C=O) groups is 1. The summed E-state index contributed by atoms with van der Waals surface area (Å²) in [5.41, 5.74) is 6.35. The average Bonchev–Trinajstić information content (AvgIpc) is 3.01. The molecule has 4 unspecified atom stereocenters. The third kappa shape index (κ3) is 3.61. The Balaban J connectivity index is 0.00000192. The summed E-state index contributed by atoms with van der Waals surface area (Å²) in [5.74, 6) is 0.435. The Morgan fingerprint density at radius 1 is 1.35 bits per heavy atom. The van der Waals surface area contributed by atoms with Gasteiger partial charge in [0.2, 0.25) is 5.91 Å². The van der Waals surface area contributed by atoms with Gasteiger partial charge in [0.05, 0.1) is 17.7 Å². The summed E-state index contributed by atoms with van der Waals surface area (Å²) in [7, 11) is 0. The maximum absolute atomic E-state index is 14.1. The zero-order valence-corrected chi connectivity index (χ0v) is 14.2. The molecule has 23 heavy (non-hydrogen) atoms. The van der Waals surface area contributed by atoms with Crippen LogP contribution in [0.25, 0.3) is 0 Å². The smallest absolute Gasteiger partial charge is 0.229 e. The van der Waals surface area contributed by atoms with Gasteiger partial charge in [-0.05, 0) is 57.1 Å². The highest BCUT2D eigenvalue weighted by Gasteiger charge is 2.49. The number of hydrogen-bond donors (Lipinski definition) is 2. The molecule has 128 valence electrons. The van der Waals surface area contributed by atoms with Crippen LogP contribution in [0.5, 0.6) is 5.75 Å². The number of benzene rings is 1. The molecule has 1 aromatic rings. The number of rotatable bonds is 4. The van der Waals surface area contributed by atoms with Crippen molar-refractivity contribution in [3.63, 3.8) is 0 Å². The monoisotopic (exact) mass is 342 g/mol. The lowest BCUT2D eigenvalue weighted by molar-refractivity contribution is -0.121. The lowest BCUT2D eigenvalue weighted by Gasteiger charge is -2.27. The lowest BCUT2D eigenvalue weighted by Crippen LogP contribution is -2.42. The van der Waals surface area contributed by atoms with Crippen LogP contribution < -0.4 is 15.8 Å². The Morgan fingerprint density at radius 2 is 2.04 bits per heavy atom. The fourth-order valence-corrected chi connectivity index (χ4v) is 3.88. The van der Waals surface area contributed by atoms with Crippen LogP contribution in [0, 0.1) is 23.6 Å². The summed E-state index contributed by atoms with van der Waals surface area (Å²) < 4.78 is 19.5. The molecule has 1 aromatic carbocycles. The van der Waals surface area contributed by atoms with E-state index in [1.165, 1.54) is 6.07 Å². The predicted molar refractivity (Wildman–Crippen MR) is 90.3 cm³/mol. The molecule has 0 radical (unpaired) electrons. The largest absolute Gasteiger partial charge is 0.491 e. The Morgan fingerprint density at radius 3 is 2.61 bits per heavy atom. The molecule has 2 fully saturated rings. The zero-order chi connectivity index (χ0) is 15.9. The van der Waals surface area contributed by atoms with Gasteiger partial charge in [-0.25, -0.2) is 4.39 Å². The third-order valence-corrected chi connectivity index (χ3v) is 4.85. The number of anilines is 1. The minimum atomic E-state index is -0.483. The number of halogens is 2. The summed E-state index contributed by atoms with van der Waals surface area (Å²) in [6.45, 7) is 3.76. The molecule has 0 aromatic heterocycles. The van der Waals surface area contributed by atoms with Gasteiger partial charge in [-0.3, -0.25) is 4.79 Å². The maximum Gasteiger partial charge on any atom is 0.229 e. The van der Waals surface area contributed by atoms with Crippen molar-refractivity contribution in [3.05, 3.63) is 24.0 Å². The van der Waals surface area contributed by atoms with Gasteiger partial charge < -0.3 is 15.8 Å². The van der Waals surface area contributed by atoms with Crippen molar-refractivity contribution >= 4 is 24.0 Å². The number of nitrogens with one attached hydrogen (secondary N) is 1. The highest BCUT2D eigenvalue weighted by atomic mass is 35.5. The van der Waals surface area contributed by atoms with Crippen molar-refractivity contribution in [2.45, 2.75) is 45.3 Å². The van der Waals surface area contributed by atoms with E-state index in [4.69, 9.17) is 10.5 Å². The van der Waals surface area contributed by atoms with Gasteiger partial charge in [0.25, 0.3) is 0 Å². The van der Waals surface area contributed by atoms with Crippen LogP contribution in [0.4, 0.5) is 10.1 Å². The standard InChI is InChI=1S/C17H23FN2O2.ClH/c1-9(2)22-12-5-6-14(13(18)8-12)20-17(21)15-10-3-4-11(7-10)16(15)19;/h5-6,8-11,15-16H,3-4,7,19H2,1-2H3,(H,20,21);1H. The molecule has 2 saturated carbocycles. The second-order valence-corrected chi connectivity index (χ2v) is 6.73. The van der Waals surface area contributed by atoms with Crippen molar-refractivity contribution in [2.75, 3.05) is 5.32 Å². The molecule has 0 heterocycles. The van der Waals surface area contributed by atoms with Crippen molar-refractivity contribution in [1.82, 2.24) is 0 Å². The van der Waals surface area contributed by atoms with Crippen LogP contribution in [0.3, 0.4) is 0 Å². The molecule has 4 nitrogen and oxygen atoms in total. The first-order valence-electron chi connectivity index (χ1n) is 7.98. The van der Waals surface area contributed by atoms with Crippen molar-refractivity contribution in [2.24, 2.45) is 23.5 Å². The summed E-state index contributed by atoms with van der Waals surface area (Å²) in [5, 5.41) is 2.70. The molecule has 3 N–H and O–H groups in total. The summed E-state index contributed by atoms with van der Waals surface area (Å²) in [6, 6.07) is 4.42. The van der Waals surface area contributed by atoms with Crippen molar-refractivity contribution < 1.29 is 13.9 Å². The Kier molecular flexibility index (Phi) is 5.53. The Labute approximate surface area is 142 Å². The van der Waals surface area contributed by atoms with E-state index in [0.29, 0.717) is 17.6 Å². The van der Waals surface area contributed by atoms with E-state index in [1.807, 2.05) is 13.8 Å². The molecule has 0 saturated heterocycles. The molecule has 0 spiro atoms. The highest BCUT2D eigenvalue weighted by molar-refractivity contribution is 5.93. The normalized spacial score (nSPS) is 28.6. The first-order chi connectivity index (χ1) is 10.5. The molecular weight excluding hydrogens is 319 g/mol. The number of carbonyl (C=O) groups excluding carboxylic acids is 1. The first-order valence-corrected chi connectivity index (χ1v) is 7.98. The lowest BCUT2D eigenvalue weighted by atomic mass is 9.84. The Bertz CT molecular complexity index is 580. The van der Waals surface area contributed by atoms with Gasteiger partial charge in [0, 0.05) is 12.1 Å². The van der Waals surface area contributed by atoms with Crippen LogP contribution in [-0.2, 0) is 4.79 Å². The SMILES string of the molecule is CC(C)Oc1ccc(NC(=O)C2C3CCC(C3)C2N)c(F)c1.Cl. The van der Waals surface area contributed by atoms with E-state index in [1.54, 1.807) is 12.1 Å². The fourth-order valence-electron chi connectivity index (χ4n) is 3.88. The van der Waals surface area contributed by atoms with E-state index < -0.39 is 5.82 Å². The number of hydrogen-bond acceptors (Lipinski definition) is 3. The summed E-state index contributed by atoms with van der Waals surface area (Å²) >= 11 is 0. The predicted octanol–water partition coefficient (Wildman–Crippen LogP) is 3.35. The third-order valence-electron chi connectivity index (χ3n) is 4.85. The van der Waals surface area contributed by atoms with Gasteiger partial charge in [0.1, 0.15) is 11.6 Å². The first kappa shape index (κ1) is 18.0. The summed E-state index contributed by atoms with van der Waals surface area (Å²) in [6.07, 6.45) is 3.18. The highest BCUT2D eigenvalue weighted by Crippen LogP contribution is 2.48. The zero-order valence-electron chi connectivity index (χ0n) is 13.4. The van der Waals surface area contributed by atoms with E-state index in [0.717, 1.165) is 19.3 Å². The van der Waals surface area contributed by atoms with Crippen LogP contribution in [0.15, 0.2) is 18.2 Å². The summed E-state index contributed by atoms with van der Waals surface area (Å²) in [4.78, 5) is 12.4. The van der Waals surface area contributed by atoms with Crippen molar-refractivity contribution in [3.8, 4) is 5.75 Å². The molecule has 4 atom stereocenters. The van der Waals surface area contributed by atoms with E-state index in [9.17, 15) is 9.18 Å². The minimum Gasteiger partial charge on any atom is -0.491 e. The van der Waals surface area contributed by atoms with Crippen LogP contribution >= 0.6 is 12.4 Å². The number of nitrogens with two attached hydrogens (primary N) is 1. The molecule has 1 amide bonds. The molecule has 2 aliphatic rings. The number of amides is 1. The fraction of sp³-hybridized carbons (Fsp3) is 0.588. The molecule has 0 aliphatic heterocycles. The van der Waals surface area contributed by atoms with Crippen molar-refractivity contribution in [1.29, 1.82) is 0 Å². The molecule has 6 heteroatoms. The Hall–Kier alpha value is -1.33. The van der Waals surface area contributed by atoms with Gasteiger partial charge >= 0.3 is 0 Å². The van der Waals surface area contributed by atoms with Crippen LogP contribution in [0.1, 0.15) is 33.1 Å². The topological polar surface area (TPSA) is 64.3 Å². The second kappa shape index (κ2) is 7.05. The quantitative estimate of drug-likeness (QED) is 0.882. The molecule has 2 aliphatic carbocycles. The van der Waals surface area contributed by atoms with Gasteiger partial charge in [-0.1, -0.05) is 0 Å². The molecular formula is C17H24ClFN2O2. The van der Waals surface area contributed by atoms with Crippen LogP contribution in [-0.4, -0.2) is 18.1 Å². The van der Waals surface area contributed by atoms with Gasteiger partial charge in [0.15, 0.2) is 0 Å². The molecule has 3 rings (SSSR count). The van der Waals surface area contributed by atoms with E-state index in [-0.39, 0.29) is 42.1 Å². The van der Waals surface area contributed by atoms with E-state index in [2.05, 4.69) is 5.32 Å². The minimum absolute atomic E-state index is 0. The average molecular weight is 343 g/mol. The molecule has 2 bridgehead atoms. The maximum atomic E-state index is 14.1. The number of fused-ring (bicyclic) bond motifs is 2. The van der Waals surface area contributed by atoms with E-state index >= 15 is 0 Å². The van der Waals surface area contributed by atoms with Gasteiger partial charge in [-0.2, -0.15) is 0 Å². The second-order valence-electron chi connectivity index (χ2n) is 6.73.